The Hall–Kier alpha value is -1.10. The summed E-state index contributed by atoms with van der Waals surface area (Å²) in [5, 5.41) is 10.8. The second-order valence-electron chi connectivity index (χ2n) is 4.74. The molecule has 0 amide bonds. The van der Waals surface area contributed by atoms with Gasteiger partial charge in [0.2, 0.25) is 0 Å². The van der Waals surface area contributed by atoms with E-state index in [0.717, 1.165) is 37.2 Å². The third-order valence-electron chi connectivity index (χ3n) is 3.52. The Balaban J connectivity index is 0.000001000. The fourth-order valence-corrected chi connectivity index (χ4v) is 2.45. The Labute approximate surface area is 130 Å². The number of benzene rings is 1. The van der Waals surface area contributed by atoms with Crippen LogP contribution in [0.4, 0.5) is 4.39 Å². The summed E-state index contributed by atoms with van der Waals surface area (Å²) in [7, 11) is 0. The minimum atomic E-state index is -0.215. The Kier molecular flexibility index (Phi) is 6.46. The van der Waals surface area contributed by atoms with E-state index in [2.05, 4.69) is 21.6 Å². The average molecular weight is 318 g/mol. The quantitative estimate of drug-likeness (QED) is 0.889. The van der Waals surface area contributed by atoms with Crippen molar-refractivity contribution in [3.63, 3.8) is 0 Å². The van der Waals surface area contributed by atoms with Crippen molar-refractivity contribution in [1.82, 2.24) is 15.5 Å². The summed E-state index contributed by atoms with van der Waals surface area (Å²) < 4.78 is 12.9. The number of piperidine rings is 1. The van der Waals surface area contributed by atoms with E-state index < -0.39 is 0 Å². The number of rotatable bonds is 2. The number of aromatic amines is 1. The molecule has 0 bridgehead atoms. The van der Waals surface area contributed by atoms with E-state index in [9.17, 15) is 4.39 Å². The van der Waals surface area contributed by atoms with Gasteiger partial charge in [0, 0.05) is 17.2 Å². The smallest absolute Gasteiger partial charge is 0.123 e. The minimum absolute atomic E-state index is 0. The van der Waals surface area contributed by atoms with Gasteiger partial charge in [0.15, 0.2) is 0 Å². The van der Waals surface area contributed by atoms with Crippen molar-refractivity contribution in [3.05, 3.63) is 41.8 Å². The second-order valence-corrected chi connectivity index (χ2v) is 4.74. The van der Waals surface area contributed by atoms with Gasteiger partial charge in [-0.25, -0.2) is 4.39 Å². The van der Waals surface area contributed by atoms with Crippen LogP contribution in [0.15, 0.2) is 30.3 Å². The lowest BCUT2D eigenvalue weighted by Gasteiger charge is -2.20. The highest BCUT2D eigenvalue weighted by atomic mass is 35.5. The van der Waals surface area contributed by atoms with Gasteiger partial charge in [-0.3, -0.25) is 5.10 Å². The van der Waals surface area contributed by atoms with Crippen LogP contribution in [0.1, 0.15) is 24.5 Å². The van der Waals surface area contributed by atoms with Gasteiger partial charge in [-0.05, 0) is 56.3 Å². The van der Waals surface area contributed by atoms with Crippen LogP contribution in [-0.4, -0.2) is 23.3 Å². The molecule has 0 saturated carbocycles. The lowest BCUT2D eigenvalue weighted by molar-refractivity contribution is 0.453. The number of nitrogens with one attached hydrogen (secondary N) is 2. The van der Waals surface area contributed by atoms with E-state index in [4.69, 9.17) is 0 Å². The van der Waals surface area contributed by atoms with Gasteiger partial charge in [0.25, 0.3) is 0 Å². The number of aromatic nitrogens is 2. The molecule has 1 aromatic heterocycles. The largest absolute Gasteiger partial charge is 0.317 e. The van der Waals surface area contributed by atoms with E-state index in [1.54, 1.807) is 12.1 Å². The molecule has 0 unspecified atom stereocenters. The maximum atomic E-state index is 12.9. The molecule has 1 aliphatic heterocycles. The molecular formula is C14H18Cl2FN3. The highest BCUT2D eigenvalue weighted by Gasteiger charge is 2.17. The molecule has 0 atom stereocenters. The first-order valence-corrected chi connectivity index (χ1v) is 6.35. The van der Waals surface area contributed by atoms with Crippen LogP contribution in [0.2, 0.25) is 0 Å². The molecule has 3 nitrogen and oxygen atoms in total. The maximum absolute atomic E-state index is 12.9. The van der Waals surface area contributed by atoms with Gasteiger partial charge in [-0.15, -0.1) is 24.8 Å². The SMILES string of the molecule is Cl.Cl.Fc1ccc(-c2cc(C3CCNCC3)[nH]n2)cc1. The van der Waals surface area contributed by atoms with E-state index >= 15 is 0 Å². The van der Waals surface area contributed by atoms with E-state index in [-0.39, 0.29) is 30.6 Å². The van der Waals surface area contributed by atoms with Crippen molar-refractivity contribution in [2.45, 2.75) is 18.8 Å². The van der Waals surface area contributed by atoms with Crippen molar-refractivity contribution in [1.29, 1.82) is 0 Å². The third-order valence-corrected chi connectivity index (χ3v) is 3.52. The highest BCUT2D eigenvalue weighted by molar-refractivity contribution is 5.85. The first-order valence-electron chi connectivity index (χ1n) is 6.35. The van der Waals surface area contributed by atoms with Crippen LogP contribution < -0.4 is 5.32 Å². The van der Waals surface area contributed by atoms with Crippen molar-refractivity contribution < 1.29 is 4.39 Å². The summed E-state index contributed by atoms with van der Waals surface area (Å²) in [6.45, 7) is 2.13. The van der Waals surface area contributed by atoms with Gasteiger partial charge in [-0.2, -0.15) is 5.10 Å². The number of hydrogen-bond donors (Lipinski definition) is 2. The molecule has 1 aromatic carbocycles. The Bertz CT molecular complexity index is 521. The predicted octanol–water partition coefficient (Wildman–Crippen LogP) is 3.53. The first kappa shape index (κ1) is 17.0. The maximum Gasteiger partial charge on any atom is 0.123 e. The molecule has 1 aliphatic rings. The second kappa shape index (κ2) is 7.62. The topological polar surface area (TPSA) is 40.7 Å². The molecule has 2 aromatic rings. The Morgan fingerprint density at radius 1 is 1.05 bits per heavy atom. The zero-order valence-electron chi connectivity index (χ0n) is 10.9. The highest BCUT2D eigenvalue weighted by Crippen LogP contribution is 2.27. The standard InChI is InChI=1S/C14H16FN3.2ClH/c15-12-3-1-10(2-4-12)13-9-14(18-17-13)11-5-7-16-8-6-11;;/h1-4,9,11,16H,5-8H2,(H,17,18);2*1H. The van der Waals surface area contributed by atoms with Crippen LogP contribution in [0.25, 0.3) is 11.3 Å². The third kappa shape index (κ3) is 3.72. The minimum Gasteiger partial charge on any atom is -0.317 e. The summed E-state index contributed by atoms with van der Waals surface area (Å²) in [5.41, 5.74) is 3.03. The van der Waals surface area contributed by atoms with Gasteiger partial charge in [0.05, 0.1) is 5.69 Å². The molecular weight excluding hydrogens is 300 g/mol. The summed E-state index contributed by atoms with van der Waals surface area (Å²) in [5.74, 6) is 0.348. The molecule has 0 spiro atoms. The molecule has 1 fully saturated rings. The van der Waals surface area contributed by atoms with Crippen LogP contribution in [0.3, 0.4) is 0 Å². The summed E-state index contributed by atoms with van der Waals surface area (Å²) in [6, 6.07) is 8.54. The van der Waals surface area contributed by atoms with Crippen LogP contribution in [0, 0.1) is 5.82 Å². The molecule has 3 rings (SSSR count). The van der Waals surface area contributed by atoms with Gasteiger partial charge in [0.1, 0.15) is 5.82 Å². The summed E-state index contributed by atoms with van der Waals surface area (Å²) in [6.07, 6.45) is 2.29. The molecule has 6 heteroatoms. The molecule has 0 aliphatic carbocycles. The van der Waals surface area contributed by atoms with Crippen LogP contribution in [-0.2, 0) is 0 Å². The first-order chi connectivity index (χ1) is 8.83. The average Bonchev–Trinajstić information content (AvgIpc) is 2.90. The summed E-state index contributed by atoms with van der Waals surface area (Å²) in [4.78, 5) is 0. The number of hydrogen-bond acceptors (Lipinski definition) is 2. The van der Waals surface area contributed by atoms with Crippen LogP contribution in [0.5, 0.6) is 0 Å². The Morgan fingerprint density at radius 3 is 2.35 bits per heavy atom. The molecule has 2 heterocycles. The van der Waals surface area contributed by atoms with E-state index in [1.807, 2.05) is 0 Å². The zero-order valence-corrected chi connectivity index (χ0v) is 12.6. The zero-order chi connectivity index (χ0) is 12.4. The van der Waals surface area contributed by atoms with Gasteiger partial charge < -0.3 is 5.32 Å². The molecule has 20 heavy (non-hydrogen) atoms. The fraction of sp³-hybridized carbons (Fsp3) is 0.357. The lowest BCUT2D eigenvalue weighted by atomic mass is 9.94. The number of H-pyrrole nitrogens is 1. The normalized spacial score (nSPS) is 15.2. The van der Waals surface area contributed by atoms with Crippen molar-refractivity contribution in [3.8, 4) is 11.3 Å². The van der Waals surface area contributed by atoms with E-state index in [0.29, 0.717) is 5.92 Å². The van der Waals surface area contributed by atoms with Crippen molar-refractivity contribution in [2.75, 3.05) is 13.1 Å². The Morgan fingerprint density at radius 2 is 1.70 bits per heavy atom. The molecule has 110 valence electrons. The van der Waals surface area contributed by atoms with Crippen molar-refractivity contribution in [2.24, 2.45) is 0 Å². The monoisotopic (exact) mass is 317 g/mol. The number of nitrogens with zero attached hydrogens (tertiary/aromatic N) is 1. The van der Waals surface area contributed by atoms with E-state index in [1.165, 1.54) is 17.8 Å². The molecule has 1 saturated heterocycles. The number of halogens is 3. The fourth-order valence-electron chi connectivity index (χ4n) is 2.45. The van der Waals surface area contributed by atoms with Gasteiger partial charge in [-0.1, -0.05) is 0 Å². The summed E-state index contributed by atoms with van der Waals surface area (Å²) >= 11 is 0. The predicted molar refractivity (Wildman–Crippen MR) is 83.3 cm³/mol. The van der Waals surface area contributed by atoms with Gasteiger partial charge >= 0.3 is 0 Å². The lowest BCUT2D eigenvalue weighted by Crippen LogP contribution is -2.26. The van der Waals surface area contributed by atoms with Crippen molar-refractivity contribution >= 4 is 24.8 Å². The van der Waals surface area contributed by atoms with Crippen LogP contribution >= 0.6 is 24.8 Å². The molecule has 2 N–H and O–H groups in total. The molecule has 0 radical (unpaired) electrons.